The number of nitrogen functional groups attached to an aromatic ring is 1. The Morgan fingerprint density at radius 3 is 2.24 bits per heavy atom. The van der Waals surface area contributed by atoms with Crippen molar-refractivity contribution < 1.29 is 4.43 Å². The quantitative estimate of drug-likeness (QED) is 0.867. The maximum Gasteiger partial charge on any atom is 0.252 e. The lowest BCUT2D eigenvalue weighted by atomic mass is 10.1. The van der Waals surface area contributed by atoms with Crippen LogP contribution in [-0.2, 0) is 0 Å². The number of pyridine rings is 2. The van der Waals surface area contributed by atoms with Gasteiger partial charge in [-0.05, 0) is 41.9 Å². The monoisotopic (exact) mass is 301 g/mol. The van der Waals surface area contributed by atoms with Gasteiger partial charge in [-0.25, -0.2) is 4.98 Å². The lowest BCUT2D eigenvalue weighted by Crippen LogP contribution is -2.44. The van der Waals surface area contributed by atoms with Gasteiger partial charge in [-0.2, -0.15) is 0 Å². The van der Waals surface area contributed by atoms with Crippen molar-refractivity contribution in [2.45, 2.75) is 38.9 Å². The molecule has 0 aromatic carbocycles. The summed E-state index contributed by atoms with van der Waals surface area (Å²) < 4.78 is 6.18. The molecule has 0 amide bonds. The van der Waals surface area contributed by atoms with Gasteiger partial charge in [0.25, 0.3) is 8.32 Å². The molecule has 21 heavy (non-hydrogen) atoms. The largest absolute Gasteiger partial charge is 0.529 e. The molecule has 2 rings (SSSR count). The van der Waals surface area contributed by atoms with Crippen molar-refractivity contribution in [1.29, 1.82) is 0 Å². The second-order valence-corrected chi connectivity index (χ2v) is 11.4. The third kappa shape index (κ3) is 3.42. The SMILES string of the molecule is CC(C)(C)[Si](C)(C)Oc1ncc(-c2ccncc2)cc1N. The molecule has 2 N–H and O–H groups in total. The van der Waals surface area contributed by atoms with E-state index in [0.29, 0.717) is 11.6 Å². The Kier molecular flexibility index (Phi) is 4.05. The Bertz CT molecular complexity index is 621. The van der Waals surface area contributed by atoms with E-state index in [0.717, 1.165) is 11.1 Å². The molecular formula is C16H23N3OSi. The normalized spacial score (nSPS) is 12.2. The van der Waals surface area contributed by atoms with E-state index in [1.54, 1.807) is 18.6 Å². The minimum absolute atomic E-state index is 0.116. The first-order chi connectivity index (χ1) is 9.71. The van der Waals surface area contributed by atoms with Crippen LogP contribution >= 0.6 is 0 Å². The van der Waals surface area contributed by atoms with E-state index in [1.807, 2.05) is 18.2 Å². The first-order valence-corrected chi connectivity index (χ1v) is 9.96. The van der Waals surface area contributed by atoms with Crippen LogP contribution in [0.1, 0.15) is 20.8 Å². The van der Waals surface area contributed by atoms with Gasteiger partial charge < -0.3 is 10.2 Å². The summed E-state index contributed by atoms with van der Waals surface area (Å²) in [7, 11) is -1.93. The van der Waals surface area contributed by atoms with Crippen LogP contribution < -0.4 is 10.2 Å². The molecule has 0 atom stereocenters. The molecule has 0 saturated carbocycles. The lowest BCUT2D eigenvalue weighted by Gasteiger charge is -2.36. The van der Waals surface area contributed by atoms with E-state index in [4.69, 9.17) is 10.2 Å². The highest BCUT2D eigenvalue weighted by Crippen LogP contribution is 2.38. The fraction of sp³-hybridized carbons (Fsp3) is 0.375. The van der Waals surface area contributed by atoms with Gasteiger partial charge in [-0.15, -0.1) is 0 Å². The summed E-state index contributed by atoms with van der Waals surface area (Å²) in [4.78, 5) is 8.44. The Hall–Kier alpha value is -1.88. The van der Waals surface area contributed by atoms with E-state index in [2.05, 4.69) is 43.8 Å². The molecule has 0 bridgehead atoms. The fourth-order valence-corrected chi connectivity index (χ4v) is 2.61. The summed E-state index contributed by atoms with van der Waals surface area (Å²) in [5.74, 6) is 0.541. The Morgan fingerprint density at radius 2 is 1.71 bits per heavy atom. The Balaban J connectivity index is 2.29. The molecule has 4 nitrogen and oxygen atoms in total. The number of rotatable bonds is 3. The zero-order chi connectivity index (χ0) is 15.7. The molecule has 0 aliphatic heterocycles. The molecule has 0 unspecified atom stereocenters. The standard InChI is InChI=1S/C16H23N3OSi/c1-16(2,3)21(4,5)20-15-14(17)10-13(11-19-15)12-6-8-18-9-7-12/h6-11H,17H2,1-5H3. The third-order valence-corrected chi connectivity index (χ3v) is 8.37. The zero-order valence-corrected chi connectivity index (χ0v) is 14.3. The van der Waals surface area contributed by atoms with Gasteiger partial charge in [0.1, 0.15) is 0 Å². The molecule has 2 aromatic rings. The number of aromatic nitrogens is 2. The second kappa shape index (κ2) is 5.48. The van der Waals surface area contributed by atoms with E-state index < -0.39 is 8.32 Å². The molecular weight excluding hydrogens is 278 g/mol. The molecule has 0 fully saturated rings. The molecule has 0 saturated heterocycles. The highest BCUT2D eigenvalue weighted by molar-refractivity contribution is 6.74. The predicted molar refractivity (Wildman–Crippen MR) is 89.7 cm³/mol. The van der Waals surface area contributed by atoms with E-state index in [-0.39, 0.29) is 5.04 Å². The molecule has 0 aliphatic carbocycles. The lowest BCUT2D eigenvalue weighted by molar-refractivity contribution is 0.479. The van der Waals surface area contributed by atoms with Crippen LogP contribution in [0.15, 0.2) is 36.8 Å². The average molecular weight is 301 g/mol. The van der Waals surface area contributed by atoms with E-state index in [1.165, 1.54) is 0 Å². The van der Waals surface area contributed by atoms with Crippen molar-refractivity contribution in [3.8, 4) is 17.0 Å². The number of hydrogen-bond donors (Lipinski definition) is 1. The van der Waals surface area contributed by atoms with Crippen molar-refractivity contribution >= 4 is 14.0 Å². The van der Waals surface area contributed by atoms with Gasteiger partial charge in [-0.3, -0.25) is 4.98 Å². The molecule has 112 valence electrons. The average Bonchev–Trinajstić information content (AvgIpc) is 2.40. The summed E-state index contributed by atoms with van der Waals surface area (Å²) in [6.07, 6.45) is 5.31. The summed E-state index contributed by atoms with van der Waals surface area (Å²) in [5.41, 5.74) is 8.72. The van der Waals surface area contributed by atoms with E-state index >= 15 is 0 Å². The first kappa shape index (κ1) is 15.5. The van der Waals surface area contributed by atoms with Crippen LogP contribution in [-0.4, -0.2) is 18.3 Å². The number of hydrogen-bond acceptors (Lipinski definition) is 4. The smallest absolute Gasteiger partial charge is 0.252 e. The number of nitrogens with two attached hydrogens (primary N) is 1. The third-order valence-electron chi connectivity index (χ3n) is 4.05. The summed E-state index contributed by atoms with van der Waals surface area (Å²) in [6.45, 7) is 11.0. The molecule has 5 heteroatoms. The van der Waals surface area contributed by atoms with Crippen LogP contribution in [0.3, 0.4) is 0 Å². The first-order valence-electron chi connectivity index (χ1n) is 7.06. The van der Waals surface area contributed by atoms with Crippen molar-refractivity contribution in [2.24, 2.45) is 0 Å². The Morgan fingerprint density at radius 1 is 1.10 bits per heavy atom. The van der Waals surface area contributed by atoms with Crippen LogP contribution in [0, 0.1) is 0 Å². The van der Waals surface area contributed by atoms with Gasteiger partial charge in [0, 0.05) is 24.2 Å². The zero-order valence-electron chi connectivity index (χ0n) is 13.3. The Labute approximate surface area is 127 Å². The fourth-order valence-electron chi connectivity index (χ4n) is 1.65. The van der Waals surface area contributed by atoms with Gasteiger partial charge >= 0.3 is 0 Å². The summed E-state index contributed by atoms with van der Waals surface area (Å²) in [5, 5.41) is 0.116. The predicted octanol–water partition coefficient (Wildman–Crippen LogP) is 4.11. The highest BCUT2D eigenvalue weighted by Gasteiger charge is 2.39. The van der Waals surface area contributed by atoms with Crippen LogP contribution in [0.25, 0.3) is 11.1 Å². The minimum atomic E-state index is -1.93. The summed E-state index contributed by atoms with van der Waals surface area (Å²) >= 11 is 0. The van der Waals surface area contributed by atoms with Gasteiger partial charge in [0.15, 0.2) is 0 Å². The molecule has 0 spiro atoms. The van der Waals surface area contributed by atoms with Gasteiger partial charge in [0.05, 0.1) is 5.69 Å². The number of anilines is 1. The maximum absolute atomic E-state index is 6.18. The van der Waals surface area contributed by atoms with Crippen molar-refractivity contribution in [2.75, 3.05) is 5.73 Å². The van der Waals surface area contributed by atoms with Crippen molar-refractivity contribution in [3.05, 3.63) is 36.8 Å². The molecule has 0 aliphatic rings. The van der Waals surface area contributed by atoms with E-state index in [9.17, 15) is 0 Å². The summed E-state index contributed by atoms with van der Waals surface area (Å²) in [6, 6.07) is 5.78. The number of nitrogens with zero attached hydrogens (tertiary/aromatic N) is 2. The molecule has 2 aromatic heterocycles. The van der Waals surface area contributed by atoms with Crippen LogP contribution in [0.4, 0.5) is 5.69 Å². The van der Waals surface area contributed by atoms with Crippen LogP contribution in [0.5, 0.6) is 5.88 Å². The topological polar surface area (TPSA) is 61.0 Å². The second-order valence-electron chi connectivity index (χ2n) is 6.72. The molecule has 2 heterocycles. The maximum atomic E-state index is 6.18. The highest BCUT2D eigenvalue weighted by atomic mass is 28.4. The molecule has 0 radical (unpaired) electrons. The van der Waals surface area contributed by atoms with Gasteiger partial charge in [0.2, 0.25) is 5.88 Å². The minimum Gasteiger partial charge on any atom is -0.529 e. The van der Waals surface area contributed by atoms with Crippen LogP contribution in [0.2, 0.25) is 18.1 Å². The van der Waals surface area contributed by atoms with Crippen molar-refractivity contribution in [3.63, 3.8) is 0 Å². The van der Waals surface area contributed by atoms with Gasteiger partial charge in [-0.1, -0.05) is 20.8 Å². The van der Waals surface area contributed by atoms with Crippen molar-refractivity contribution in [1.82, 2.24) is 9.97 Å².